The zero-order valence-corrected chi connectivity index (χ0v) is 11.5. The van der Waals surface area contributed by atoms with E-state index in [1.54, 1.807) is 0 Å². The van der Waals surface area contributed by atoms with Crippen LogP contribution < -0.4 is 5.32 Å². The highest BCUT2D eigenvalue weighted by Gasteiger charge is 2.07. The number of nitrogens with one attached hydrogen (secondary N) is 1. The van der Waals surface area contributed by atoms with Crippen LogP contribution >= 0.6 is 22.9 Å². The summed E-state index contributed by atoms with van der Waals surface area (Å²) in [5, 5.41) is 12.2. The van der Waals surface area contributed by atoms with Gasteiger partial charge in [-0.15, -0.1) is 11.3 Å². The van der Waals surface area contributed by atoms with Crippen molar-refractivity contribution in [1.82, 2.24) is 5.32 Å². The van der Waals surface area contributed by atoms with Crippen molar-refractivity contribution in [1.29, 1.82) is 0 Å². The van der Waals surface area contributed by atoms with Crippen molar-refractivity contribution < 1.29 is 9.90 Å². The lowest BCUT2D eigenvalue weighted by atomic mass is 10.2. The lowest BCUT2D eigenvalue weighted by Crippen LogP contribution is -2.32. The van der Waals surface area contributed by atoms with Crippen molar-refractivity contribution in [2.24, 2.45) is 0 Å². The topological polar surface area (TPSA) is 49.3 Å². The maximum atomic E-state index is 11.5. The maximum absolute atomic E-state index is 11.5. The molecule has 1 rings (SSSR count). The Bertz CT molecular complexity index is 354. The minimum absolute atomic E-state index is 0.0234. The third-order valence-electron chi connectivity index (χ3n) is 2.38. The Balaban J connectivity index is 2.17. The molecule has 0 saturated carbocycles. The average molecular weight is 276 g/mol. The van der Waals surface area contributed by atoms with Gasteiger partial charge in [-0.05, 0) is 25.0 Å². The first-order valence-electron chi connectivity index (χ1n) is 5.80. The second kappa shape index (κ2) is 7.69. The Morgan fingerprint density at radius 3 is 2.94 bits per heavy atom. The lowest BCUT2D eigenvalue weighted by Gasteiger charge is -2.10. The van der Waals surface area contributed by atoms with E-state index >= 15 is 0 Å². The number of hydrogen-bond donors (Lipinski definition) is 2. The van der Waals surface area contributed by atoms with Crippen LogP contribution in [-0.4, -0.2) is 23.7 Å². The zero-order chi connectivity index (χ0) is 12.7. The lowest BCUT2D eigenvalue weighted by molar-refractivity contribution is -0.121. The molecule has 1 atom stereocenters. The molecule has 3 nitrogen and oxygen atoms in total. The van der Waals surface area contributed by atoms with Gasteiger partial charge in [-0.1, -0.05) is 24.9 Å². The molecule has 0 aliphatic carbocycles. The average Bonchev–Trinajstić information content (AvgIpc) is 2.70. The summed E-state index contributed by atoms with van der Waals surface area (Å²) in [6, 6.07) is 3.77. The first-order valence-corrected chi connectivity index (χ1v) is 7.00. The summed E-state index contributed by atoms with van der Waals surface area (Å²) in [7, 11) is 0. The maximum Gasteiger partial charge on any atom is 0.220 e. The van der Waals surface area contributed by atoms with Crippen LogP contribution in [-0.2, 0) is 11.2 Å². The summed E-state index contributed by atoms with van der Waals surface area (Å²) in [6.45, 7) is 2.35. The number of carbonyl (C=O) groups excluding carboxylic acids is 1. The molecule has 1 heterocycles. The minimum atomic E-state index is -0.430. The van der Waals surface area contributed by atoms with Crippen molar-refractivity contribution in [3.63, 3.8) is 0 Å². The van der Waals surface area contributed by atoms with Crippen LogP contribution in [0, 0.1) is 0 Å². The van der Waals surface area contributed by atoms with Crippen molar-refractivity contribution >= 4 is 28.8 Å². The summed E-state index contributed by atoms with van der Waals surface area (Å²) in [5.41, 5.74) is 0. The predicted molar refractivity (Wildman–Crippen MR) is 71.6 cm³/mol. The molecule has 0 fully saturated rings. The van der Waals surface area contributed by atoms with Gasteiger partial charge in [0.1, 0.15) is 0 Å². The third-order valence-corrected chi connectivity index (χ3v) is 3.67. The monoisotopic (exact) mass is 275 g/mol. The summed E-state index contributed by atoms with van der Waals surface area (Å²) in [6.07, 6.45) is 2.36. The van der Waals surface area contributed by atoms with E-state index in [1.165, 1.54) is 11.3 Å². The molecule has 0 radical (unpaired) electrons. The first-order chi connectivity index (χ1) is 8.11. The third kappa shape index (κ3) is 6.05. The van der Waals surface area contributed by atoms with Crippen LogP contribution in [0.15, 0.2) is 12.1 Å². The van der Waals surface area contributed by atoms with Gasteiger partial charge in [-0.3, -0.25) is 4.79 Å². The van der Waals surface area contributed by atoms with Crippen molar-refractivity contribution in [2.75, 3.05) is 6.54 Å². The van der Waals surface area contributed by atoms with Gasteiger partial charge in [0.05, 0.1) is 10.4 Å². The van der Waals surface area contributed by atoms with E-state index in [0.717, 1.165) is 22.1 Å². The molecule has 0 aliphatic heterocycles. The molecule has 1 aromatic heterocycles. The Morgan fingerprint density at radius 1 is 1.59 bits per heavy atom. The summed E-state index contributed by atoms with van der Waals surface area (Å²) in [5.74, 6) is -0.0234. The Labute approximate surface area is 111 Å². The molecule has 0 bridgehead atoms. The van der Waals surface area contributed by atoms with Crippen LogP contribution in [0.2, 0.25) is 4.34 Å². The standard InChI is InChI=1S/C12H18ClNO2S/c1-2-3-9(15)8-14-12(16)7-5-10-4-6-11(13)17-10/h4,6,9,15H,2-3,5,7-8H2,1H3,(H,14,16). The smallest absolute Gasteiger partial charge is 0.220 e. The Kier molecular flexibility index (Phi) is 6.55. The summed E-state index contributed by atoms with van der Waals surface area (Å²) in [4.78, 5) is 12.6. The van der Waals surface area contributed by atoms with Crippen LogP contribution in [0.1, 0.15) is 31.1 Å². The van der Waals surface area contributed by atoms with E-state index < -0.39 is 6.10 Å². The first kappa shape index (κ1) is 14.5. The number of aryl methyl sites for hydroxylation is 1. The van der Waals surface area contributed by atoms with E-state index in [9.17, 15) is 9.90 Å². The van der Waals surface area contributed by atoms with Crippen LogP contribution in [0.4, 0.5) is 0 Å². The molecule has 1 amide bonds. The fourth-order valence-corrected chi connectivity index (χ4v) is 2.57. The Hall–Kier alpha value is -0.580. The van der Waals surface area contributed by atoms with Crippen molar-refractivity contribution in [2.45, 2.75) is 38.7 Å². The molecule has 0 aromatic carbocycles. The van der Waals surface area contributed by atoms with Crippen LogP contribution in [0.25, 0.3) is 0 Å². The molecule has 96 valence electrons. The molecule has 1 aromatic rings. The highest BCUT2D eigenvalue weighted by Crippen LogP contribution is 2.22. The fraction of sp³-hybridized carbons (Fsp3) is 0.583. The van der Waals surface area contributed by atoms with Crippen LogP contribution in [0.5, 0.6) is 0 Å². The van der Waals surface area contributed by atoms with Crippen molar-refractivity contribution in [3.05, 3.63) is 21.3 Å². The van der Waals surface area contributed by atoms with E-state index in [4.69, 9.17) is 11.6 Å². The highest BCUT2D eigenvalue weighted by atomic mass is 35.5. The molecule has 17 heavy (non-hydrogen) atoms. The number of aliphatic hydroxyl groups is 1. The summed E-state index contributed by atoms with van der Waals surface area (Å²) >= 11 is 7.30. The van der Waals surface area contributed by atoms with Crippen molar-refractivity contribution in [3.8, 4) is 0 Å². The molecular weight excluding hydrogens is 258 g/mol. The minimum Gasteiger partial charge on any atom is -0.391 e. The second-order valence-corrected chi connectivity index (χ2v) is 5.75. The Morgan fingerprint density at radius 2 is 2.35 bits per heavy atom. The molecule has 0 spiro atoms. The van der Waals surface area contributed by atoms with Gasteiger partial charge < -0.3 is 10.4 Å². The van der Waals surface area contributed by atoms with E-state index in [1.807, 2.05) is 19.1 Å². The zero-order valence-electron chi connectivity index (χ0n) is 9.91. The van der Waals surface area contributed by atoms with Crippen LogP contribution in [0.3, 0.4) is 0 Å². The van der Waals surface area contributed by atoms with E-state index in [2.05, 4.69) is 5.32 Å². The number of aliphatic hydroxyl groups excluding tert-OH is 1. The predicted octanol–water partition coefficient (Wildman–Crippen LogP) is 2.61. The summed E-state index contributed by atoms with van der Waals surface area (Å²) < 4.78 is 0.749. The van der Waals surface area contributed by atoms with Gasteiger partial charge >= 0.3 is 0 Å². The fourth-order valence-electron chi connectivity index (χ4n) is 1.48. The molecular formula is C12H18ClNO2S. The quantitative estimate of drug-likeness (QED) is 0.804. The largest absolute Gasteiger partial charge is 0.391 e. The van der Waals surface area contributed by atoms with Gasteiger partial charge in [-0.25, -0.2) is 0 Å². The number of hydrogen-bond acceptors (Lipinski definition) is 3. The molecule has 5 heteroatoms. The normalized spacial score (nSPS) is 12.4. The van der Waals surface area contributed by atoms with Gasteiger partial charge in [0.15, 0.2) is 0 Å². The molecule has 0 saturated heterocycles. The SMILES string of the molecule is CCCC(O)CNC(=O)CCc1ccc(Cl)s1. The van der Waals surface area contributed by atoms with Gasteiger partial charge in [0, 0.05) is 17.8 Å². The number of thiophene rings is 1. The molecule has 2 N–H and O–H groups in total. The van der Waals surface area contributed by atoms with E-state index in [-0.39, 0.29) is 5.91 Å². The number of halogens is 1. The number of rotatable bonds is 7. The molecule has 1 unspecified atom stereocenters. The highest BCUT2D eigenvalue weighted by molar-refractivity contribution is 7.16. The number of carbonyl (C=O) groups is 1. The van der Waals surface area contributed by atoms with Gasteiger partial charge in [0.2, 0.25) is 5.91 Å². The number of amides is 1. The molecule has 0 aliphatic rings. The van der Waals surface area contributed by atoms with Gasteiger partial charge in [0.25, 0.3) is 0 Å². The van der Waals surface area contributed by atoms with Gasteiger partial charge in [-0.2, -0.15) is 0 Å². The second-order valence-electron chi connectivity index (χ2n) is 3.95. The van der Waals surface area contributed by atoms with E-state index in [0.29, 0.717) is 19.4 Å².